The number of carbonyl (C=O) groups excluding carboxylic acids is 1. The third-order valence-corrected chi connectivity index (χ3v) is 4.28. The van der Waals surface area contributed by atoms with Crippen LogP contribution in [0.4, 0.5) is 0 Å². The Labute approximate surface area is 128 Å². The summed E-state index contributed by atoms with van der Waals surface area (Å²) in [6.45, 7) is 5.71. The van der Waals surface area contributed by atoms with E-state index in [1.807, 2.05) is 18.2 Å². The molecular weight excluding hydrogens is 322 g/mol. The number of hydrogen-bond acceptors (Lipinski definition) is 4. The molecule has 2 rings (SSSR count). The second kappa shape index (κ2) is 7.20. The molecule has 1 aliphatic rings. The van der Waals surface area contributed by atoms with Gasteiger partial charge in [0.1, 0.15) is 0 Å². The summed E-state index contributed by atoms with van der Waals surface area (Å²) in [7, 11) is 1.39. The van der Waals surface area contributed by atoms with Crippen molar-refractivity contribution in [2.45, 2.75) is 26.0 Å². The Kier molecular flexibility index (Phi) is 5.57. The zero-order chi connectivity index (χ0) is 14.5. The van der Waals surface area contributed by atoms with Crippen LogP contribution in [-0.2, 0) is 16.0 Å². The summed E-state index contributed by atoms with van der Waals surface area (Å²) in [5.41, 5.74) is 1.74. The first-order valence-corrected chi connectivity index (χ1v) is 7.64. The lowest BCUT2D eigenvalue weighted by atomic mass is 10.1. The van der Waals surface area contributed by atoms with Gasteiger partial charge >= 0.3 is 5.97 Å². The molecule has 1 heterocycles. The average molecular weight is 342 g/mol. The van der Waals surface area contributed by atoms with Gasteiger partial charge in [0.25, 0.3) is 0 Å². The van der Waals surface area contributed by atoms with Gasteiger partial charge in [0.15, 0.2) is 0 Å². The molecule has 1 aromatic rings. The summed E-state index contributed by atoms with van der Waals surface area (Å²) in [5.74, 6) is -0.310. The highest BCUT2D eigenvalue weighted by Gasteiger charge is 2.19. The van der Waals surface area contributed by atoms with Gasteiger partial charge in [0, 0.05) is 24.1 Å². The molecule has 110 valence electrons. The third kappa shape index (κ3) is 3.81. The van der Waals surface area contributed by atoms with Gasteiger partial charge in [0.2, 0.25) is 0 Å². The van der Waals surface area contributed by atoms with E-state index >= 15 is 0 Å². The van der Waals surface area contributed by atoms with Crippen LogP contribution in [0.2, 0.25) is 0 Å². The lowest BCUT2D eigenvalue weighted by Gasteiger charge is -2.32. The number of hydrogen-bond donors (Lipinski definition) is 0. The summed E-state index contributed by atoms with van der Waals surface area (Å²) >= 11 is 3.54. The van der Waals surface area contributed by atoms with Crippen molar-refractivity contribution in [3.05, 3.63) is 33.8 Å². The van der Waals surface area contributed by atoms with Crippen LogP contribution in [0, 0.1) is 0 Å². The zero-order valence-corrected chi connectivity index (χ0v) is 13.5. The highest BCUT2D eigenvalue weighted by atomic mass is 79.9. The van der Waals surface area contributed by atoms with Gasteiger partial charge in [-0.15, -0.1) is 0 Å². The van der Waals surface area contributed by atoms with Gasteiger partial charge in [-0.1, -0.05) is 28.9 Å². The average Bonchev–Trinajstić information content (AvgIpc) is 2.48. The molecule has 0 aromatic heterocycles. The Morgan fingerprint density at radius 2 is 2.35 bits per heavy atom. The normalized spacial score (nSPS) is 19.9. The molecule has 1 saturated heterocycles. The highest BCUT2D eigenvalue weighted by molar-refractivity contribution is 9.10. The minimum atomic E-state index is -0.310. The van der Waals surface area contributed by atoms with Crippen molar-refractivity contribution in [2.75, 3.05) is 26.8 Å². The Morgan fingerprint density at radius 1 is 1.55 bits per heavy atom. The van der Waals surface area contributed by atoms with Gasteiger partial charge in [0.05, 0.1) is 25.4 Å². The maximum atomic E-state index is 11.5. The quantitative estimate of drug-likeness (QED) is 0.789. The van der Waals surface area contributed by atoms with E-state index in [-0.39, 0.29) is 5.97 Å². The summed E-state index contributed by atoms with van der Waals surface area (Å²) in [4.78, 5) is 13.9. The van der Waals surface area contributed by atoms with Crippen molar-refractivity contribution in [3.63, 3.8) is 0 Å². The fourth-order valence-corrected chi connectivity index (χ4v) is 2.84. The number of benzene rings is 1. The standard InChI is InChI=1S/C15H20BrNO3/c1-3-13-10-17(6-7-20-13)9-12-5-4-11(8-14(12)16)15(18)19-2/h4-5,8,13H,3,6-7,9-10H2,1-2H3. The number of nitrogens with zero attached hydrogens (tertiary/aromatic N) is 1. The monoisotopic (exact) mass is 341 g/mol. The zero-order valence-electron chi connectivity index (χ0n) is 11.9. The van der Waals surface area contributed by atoms with Crippen LogP contribution in [0.25, 0.3) is 0 Å². The van der Waals surface area contributed by atoms with Crippen molar-refractivity contribution >= 4 is 21.9 Å². The second-order valence-electron chi connectivity index (χ2n) is 4.93. The molecule has 1 atom stereocenters. The first-order valence-electron chi connectivity index (χ1n) is 6.84. The Bertz CT molecular complexity index is 478. The molecule has 5 heteroatoms. The van der Waals surface area contributed by atoms with E-state index in [0.29, 0.717) is 11.7 Å². The van der Waals surface area contributed by atoms with Crippen LogP contribution < -0.4 is 0 Å². The van der Waals surface area contributed by atoms with E-state index in [4.69, 9.17) is 9.47 Å². The first kappa shape index (κ1) is 15.5. The van der Waals surface area contributed by atoms with E-state index in [1.165, 1.54) is 12.7 Å². The van der Waals surface area contributed by atoms with Crippen LogP contribution in [-0.4, -0.2) is 43.8 Å². The Hall–Kier alpha value is -0.910. The minimum Gasteiger partial charge on any atom is -0.465 e. The molecule has 0 N–H and O–H groups in total. The van der Waals surface area contributed by atoms with Gasteiger partial charge in [-0.2, -0.15) is 0 Å². The van der Waals surface area contributed by atoms with Crippen LogP contribution >= 0.6 is 15.9 Å². The number of methoxy groups -OCH3 is 1. The minimum absolute atomic E-state index is 0.310. The number of carbonyl (C=O) groups is 1. The summed E-state index contributed by atoms with van der Waals surface area (Å²) in [6.07, 6.45) is 1.37. The van der Waals surface area contributed by atoms with Crippen molar-refractivity contribution < 1.29 is 14.3 Å². The Morgan fingerprint density at radius 3 is 3.00 bits per heavy atom. The SMILES string of the molecule is CCC1CN(Cc2ccc(C(=O)OC)cc2Br)CCO1. The van der Waals surface area contributed by atoms with Crippen molar-refractivity contribution in [2.24, 2.45) is 0 Å². The molecule has 1 unspecified atom stereocenters. The molecule has 1 fully saturated rings. The third-order valence-electron chi connectivity index (χ3n) is 3.55. The van der Waals surface area contributed by atoms with E-state index in [0.717, 1.165) is 37.1 Å². The fraction of sp³-hybridized carbons (Fsp3) is 0.533. The van der Waals surface area contributed by atoms with E-state index < -0.39 is 0 Å². The second-order valence-corrected chi connectivity index (χ2v) is 5.79. The molecule has 0 saturated carbocycles. The van der Waals surface area contributed by atoms with Gasteiger partial charge in [-0.3, -0.25) is 4.90 Å². The number of halogens is 1. The lowest BCUT2D eigenvalue weighted by Crippen LogP contribution is -2.41. The van der Waals surface area contributed by atoms with Crippen molar-refractivity contribution in [1.82, 2.24) is 4.90 Å². The predicted octanol–water partition coefficient (Wildman–Crippen LogP) is 2.85. The van der Waals surface area contributed by atoms with E-state index in [1.54, 1.807) is 0 Å². The van der Waals surface area contributed by atoms with Crippen molar-refractivity contribution in [1.29, 1.82) is 0 Å². The van der Waals surface area contributed by atoms with Gasteiger partial charge in [-0.05, 0) is 24.1 Å². The summed E-state index contributed by atoms with van der Waals surface area (Å²) in [5, 5.41) is 0. The molecule has 0 radical (unpaired) electrons. The fourth-order valence-electron chi connectivity index (χ4n) is 2.33. The van der Waals surface area contributed by atoms with Crippen LogP contribution in [0.5, 0.6) is 0 Å². The largest absolute Gasteiger partial charge is 0.465 e. The van der Waals surface area contributed by atoms with E-state index in [9.17, 15) is 4.79 Å². The summed E-state index contributed by atoms with van der Waals surface area (Å²) < 4.78 is 11.3. The molecule has 4 nitrogen and oxygen atoms in total. The van der Waals surface area contributed by atoms with Crippen LogP contribution in [0.3, 0.4) is 0 Å². The van der Waals surface area contributed by atoms with E-state index in [2.05, 4.69) is 27.8 Å². The number of ether oxygens (including phenoxy) is 2. The first-order chi connectivity index (χ1) is 9.63. The molecule has 1 aromatic carbocycles. The maximum Gasteiger partial charge on any atom is 0.337 e. The van der Waals surface area contributed by atoms with Crippen molar-refractivity contribution in [3.8, 4) is 0 Å². The number of rotatable bonds is 4. The topological polar surface area (TPSA) is 38.8 Å². The molecule has 0 amide bonds. The summed E-state index contributed by atoms with van der Waals surface area (Å²) in [6, 6.07) is 5.61. The maximum absolute atomic E-state index is 11.5. The number of morpholine rings is 1. The smallest absolute Gasteiger partial charge is 0.337 e. The van der Waals surface area contributed by atoms with Crippen LogP contribution in [0.1, 0.15) is 29.3 Å². The van der Waals surface area contributed by atoms with Crippen LogP contribution in [0.15, 0.2) is 22.7 Å². The molecule has 0 spiro atoms. The molecule has 0 aliphatic carbocycles. The predicted molar refractivity (Wildman–Crippen MR) is 80.8 cm³/mol. The van der Waals surface area contributed by atoms with Gasteiger partial charge < -0.3 is 9.47 Å². The molecule has 0 bridgehead atoms. The highest BCUT2D eigenvalue weighted by Crippen LogP contribution is 2.22. The molecule has 20 heavy (non-hydrogen) atoms. The lowest BCUT2D eigenvalue weighted by molar-refractivity contribution is -0.0325. The Balaban J connectivity index is 2.04. The van der Waals surface area contributed by atoms with Gasteiger partial charge in [-0.25, -0.2) is 4.79 Å². The molecular formula is C15H20BrNO3. The number of esters is 1. The molecule has 1 aliphatic heterocycles.